The second kappa shape index (κ2) is 10.5. The molecule has 0 bridgehead atoms. The summed E-state index contributed by atoms with van der Waals surface area (Å²) < 4.78 is 5.58. The van der Waals surface area contributed by atoms with Crippen molar-refractivity contribution in [3.8, 4) is 5.75 Å². The molecule has 1 saturated heterocycles. The largest absolute Gasteiger partial charge is 0.494 e. The molecule has 4 rings (SSSR count). The average molecular weight is 450 g/mol. The number of nitrogens with one attached hydrogen (secondary N) is 1. The summed E-state index contributed by atoms with van der Waals surface area (Å²) in [4.78, 5) is 42.5. The van der Waals surface area contributed by atoms with Crippen LogP contribution in [0.1, 0.15) is 51.9 Å². The number of anilines is 2. The minimum absolute atomic E-state index is 0.0169. The molecule has 174 valence electrons. The first-order chi connectivity index (χ1) is 16.1. The van der Waals surface area contributed by atoms with Gasteiger partial charge in [-0.1, -0.05) is 44.4 Å². The van der Waals surface area contributed by atoms with E-state index in [1.54, 1.807) is 53.4 Å². The third kappa shape index (κ3) is 5.18. The highest BCUT2D eigenvalue weighted by Gasteiger charge is 2.49. The maximum atomic E-state index is 13.4. The lowest BCUT2D eigenvalue weighted by Crippen LogP contribution is -2.45. The van der Waals surface area contributed by atoms with Crippen LogP contribution < -0.4 is 15.0 Å². The van der Waals surface area contributed by atoms with Crippen LogP contribution in [0.4, 0.5) is 16.2 Å². The maximum absolute atomic E-state index is 13.4. The van der Waals surface area contributed by atoms with Gasteiger partial charge < -0.3 is 15.0 Å². The number of urea groups is 1. The normalized spacial score (nSPS) is 19.1. The van der Waals surface area contributed by atoms with Gasteiger partial charge in [0.1, 0.15) is 11.8 Å². The molecule has 33 heavy (non-hydrogen) atoms. The molecule has 0 unspecified atom stereocenters. The van der Waals surface area contributed by atoms with Crippen LogP contribution in [0.2, 0.25) is 0 Å². The Balaban J connectivity index is 1.50. The predicted octanol–water partition coefficient (Wildman–Crippen LogP) is 4.97. The fourth-order valence-electron chi connectivity index (χ4n) is 4.62. The van der Waals surface area contributed by atoms with Crippen molar-refractivity contribution in [2.45, 2.75) is 64.0 Å². The van der Waals surface area contributed by atoms with E-state index in [4.69, 9.17) is 4.74 Å². The number of ether oxygens (including phenoxy) is 1. The molecule has 1 heterocycles. The summed E-state index contributed by atoms with van der Waals surface area (Å²) in [7, 11) is 0. The van der Waals surface area contributed by atoms with E-state index in [1.165, 1.54) is 4.90 Å². The lowest BCUT2D eigenvalue weighted by atomic mass is 9.93. The van der Waals surface area contributed by atoms with E-state index in [1.807, 2.05) is 13.0 Å². The third-order valence-corrected chi connectivity index (χ3v) is 6.23. The van der Waals surface area contributed by atoms with Gasteiger partial charge in [-0.3, -0.25) is 9.59 Å². The number of hydrogen-bond donors (Lipinski definition) is 1. The van der Waals surface area contributed by atoms with Gasteiger partial charge in [-0.15, -0.1) is 0 Å². The van der Waals surface area contributed by atoms with Gasteiger partial charge in [0.05, 0.1) is 18.7 Å². The molecule has 0 radical (unpaired) electrons. The van der Waals surface area contributed by atoms with E-state index in [9.17, 15) is 14.4 Å². The number of carbonyl (C=O) groups excluding carboxylic acids is 3. The lowest BCUT2D eigenvalue weighted by molar-refractivity contribution is -0.125. The third-order valence-electron chi connectivity index (χ3n) is 6.23. The molecular weight excluding hydrogens is 418 g/mol. The van der Waals surface area contributed by atoms with Gasteiger partial charge in [-0.05, 0) is 55.7 Å². The fourth-order valence-corrected chi connectivity index (χ4v) is 4.62. The van der Waals surface area contributed by atoms with Crippen LogP contribution in [0.3, 0.4) is 0 Å². The van der Waals surface area contributed by atoms with Crippen LogP contribution in [-0.4, -0.2) is 41.4 Å². The molecule has 4 amide bonds. The van der Waals surface area contributed by atoms with Gasteiger partial charge >= 0.3 is 6.03 Å². The summed E-state index contributed by atoms with van der Waals surface area (Å²) in [5.41, 5.74) is 1.17. The Labute approximate surface area is 194 Å². The molecule has 2 fully saturated rings. The maximum Gasteiger partial charge on any atom is 0.332 e. The first-order valence-electron chi connectivity index (χ1n) is 11.8. The second-order valence-corrected chi connectivity index (χ2v) is 8.63. The number of carbonyl (C=O) groups is 3. The first-order valence-corrected chi connectivity index (χ1v) is 11.8. The summed E-state index contributed by atoms with van der Waals surface area (Å²) in [5, 5.41) is 2.86. The van der Waals surface area contributed by atoms with Crippen molar-refractivity contribution >= 4 is 29.2 Å². The van der Waals surface area contributed by atoms with Crippen LogP contribution in [0, 0.1) is 0 Å². The Hall–Kier alpha value is -3.35. The highest BCUT2D eigenvalue weighted by atomic mass is 16.5. The molecule has 0 spiro atoms. The average Bonchev–Trinajstić information content (AvgIpc) is 3.08. The van der Waals surface area contributed by atoms with E-state index in [0.29, 0.717) is 18.0 Å². The molecule has 2 aromatic carbocycles. The van der Waals surface area contributed by atoms with Crippen LogP contribution in [-0.2, 0) is 9.59 Å². The molecule has 7 heteroatoms. The zero-order valence-electron chi connectivity index (χ0n) is 19.0. The van der Waals surface area contributed by atoms with Gasteiger partial charge in [-0.25, -0.2) is 9.69 Å². The SMILES string of the molecule is CCCOc1ccc(NC(=O)C[C@H]2C(=O)N(c3ccccc3)C(=O)N2C2CCCCC2)cc1. The van der Waals surface area contributed by atoms with Crippen LogP contribution >= 0.6 is 0 Å². The van der Waals surface area contributed by atoms with E-state index >= 15 is 0 Å². The topological polar surface area (TPSA) is 79.0 Å². The summed E-state index contributed by atoms with van der Waals surface area (Å²) in [6.45, 7) is 2.68. The predicted molar refractivity (Wildman–Crippen MR) is 127 cm³/mol. The van der Waals surface area contributed by atoms with Gasteiger partial charge in [0.15, 0.2) is 0 Å². The van der Waals surface area contributed by atoms with Crippen LogP contribution in [0.5, 0.6) is 5.75 Å². The number of para-hydroxylation sites is 1. The van der Waals surface area contributed by atoms with Crippen molar-refractivity contribution in [3.63, 3.8) is 0 Å². The monoisotopic (exact) mass is 449 g/mol. The zero-order chi connectivity index (χ0) is 23.2. The number of amides is 4. The summed E-state index contributed by atoms with van der Waals surface area (Å²) in [5.74, 6) is 0.114. The smallest absolute Gasteiger partial charge is 0.332 e. The van der Waals surface area contributed by atoms with Gasteiger partial charge in [-0.2, -0.15) is 0 Å². The van der Waals surface area contributed by atoms with Crippen molar-refractivity contribution in [1.82, 2.24) is 4.90 Å². The quantitative estimate of drug-likeness (QED) is 0.577. The molecule has 1 aliphatic carbocycles. The van der Waals surface area contributed by atoms with Crippen molar-refractivity contribution in [2.75, 3.05) is 16.8 Å². The Morgan fingerprint density at radius 2 is 1.70 bits per heavy atom. The standard InChI is InChI=1S/C26H31N3O4/c1-2-17-33-22-15-13-19(14-16-22)27-24(30)18-23-25(31)29(21-11-7-4-8-12-21)26(32)28(23)20-9-5-3-6-10-20/h4,7-8,11-16,20,23H,2-3,5-6,9-10,17-18H2,1H3,(H,27,30)/t23-/m0/s1. The Morgan fingerprint density at radius 3 is 2.36 bits per heavy atom. The van der Waals surface area contributed by atoms with Crippen molar-refractivity contribution in [1.29, 1.82) is 0 Å². The molecule has 0 aromatic heterocycles. The van der Waals surface area contributed by atoms with E-state index < -0.39 is 6.04 Å². The second-order valence-electron chi connectivity index (χ2n) is 8.63. The summed E-state index contributed by atoms with van der Waals surface area (Å²) in [6.07, 6.45) is 5.76. The van der Waals surface area contributed by atoms with E-state index in [-0.39, 0.29) is 30.3 Å². The Kier molecular flexibility index (Phi) is 7.27. The molecule has 1 atom stereocenters. The summed E-state index contributed by atoms with van der Waals surface area (Å²) in [6, 6.07) is 15.0. The van der Waals surface area contributed by atoms with Gasteiger partial charge in [0.25, 0.3) is 5.91 Å². The number of imide groups is 1. The zero-order valence-corrected chi connectivity index (χ0v) is 19.0. The van der Waals surface area contributed by atoms with Gasteiger partial charge in [0.2, 0.25) is 5.91 Å². The number of benzene rings is 2. The molecular formula is C26H31N3O4. The highest BCUT2D eigenvalue weighted by Crippen LogP contribution is 2.33. The molecule has 2 aromatic rings. The fraction of sp³-hybridized carbons (Fsp3) is 0.423. The summed E-state index contributed by atoms with van der Waals surface area (Å²) >= 11 is 0. The molecule has 1 saturated carbocycles. The molecule has 1 aliphatic heterocycles. The van der Waals surface area contributed by atoms with E-state index in [2.05, 4.69) is 5.32 Å². The van der Waals surface area contributed by atoms with Crippen molar-refractivity contribution in [2.24, 2.45) is 0 Å². The highest BCUT2D eigenvalue weighted by molar-refractivity contribution is 6.22. The molecule has 2 aliphatic rings. The minimum atomic E-state index is -0.798. The number of hydrogen-bond acceptors (Lipinski definition) is 4. The Morgan fingerprint density at radius 1 is 1.00 bits per heavy atom. The molecule has 1 N–H and O–H groups in total. The van der Waals surface area contributed by atoms with Crippen LogP contribution in [0.15, 0.2) is 54.6 Å². The lowest BCUT2D eigenvalue weighted by Gasteiger charge is -2.33. The number of rotatable bonds is 8. The van der Waals surface area contributed by atoms with Gasteiger partial charge in [0, 0.05) is 11.7 Å². The number of nitrogens with zero attached hydrogens (tertiary/aromatic N) is 2. The Bertz CT molecular complexity index is 971. The first kappa shape index (κ1) is 22.8. The van der Waals surface area contributed by atoms with Crippen molar-refractivity contribution in [3.05, 3.63) is 54.6 Å². The minimum Gasteiger partial charge on any atom is -0.494 e. The van der Waals surface area contributed by atoms with Crippen LogP contribution in [0.25, 0.3) is 0 Å². The molecule has 7 nitrogen and oxygen atoms in total. The van der Waals surface area contributed by atoms with Crippen molar-refractivity contribution < 1.29 is 19.1 Å². The van der Waals surface area contributed by atoms with E-state index in [0.717, 1.165) is 44.3 Å².